The van der Waals surface area contributed by atoms with Crippen LogP contribution >= 0.6 is 0 Å². The fourth-order valence-electron chi connectivity index (χ4n) is 2.28. The number of aromatic nitrogens is 2. The molecule has 1 heterocycles. The van der Waals surface area contributed by atoms with Crippen molar-refractivity contribution in [2.45, 2.75) is 65.1 Å². The lowest BCUT2D eigenvalue weighted by atomic mass is 10.0. The second-order valence-corrected chi connectivity index (χ2v) is 5.55. The number of nitrogens with one attached hydrogen (secondary N) is 1. The van der Waals surface area contributed by atoms with Crippen molar-refractivity contribution in [2.75, 3.05) is 0 Å². The number of imidazole rings is 1. The van der Waals surface area contributed by atoms with Crippen molar-refractivity contribution in [3.8, 4) is 0 Å². The predicted octanol–water partition coefficient (Wildman–Crippen LogP) is 3.13. The first-order valence-electron chi connectivity index (χ1n) is 6.94. The van der Waals surface area contributed by atoms with Crippen LogP contribution in [0.5, 0.6) is 0 Å². The van der Waals surface area contributed by atoms with Gasteiger partial charge >= 0.3 is 0 Å². The summed E-state index contributed by atoms with van der Waals surface area (Å²) in [5, 5.41) is 3.61. The van der Waals surface area contributed by atoms with Crippen LogP contribution in [0.3, 0.4) is 0 Å². The fourth-order valence-corrected chi connectivity index (χ4v) is 2.28. The topological polar surface area (TPSA) is 29.9 Å². The van der Waals surface area contributed by atoms with Crippen molar-refractivity contribution < 1.29 is 0 Å². The highest BCUT2D eigenvalue weighted by molar-refractivity contribution is 5.03. The second kappa shape index (κ2) is 5.67. The van der Waals surface area contributed by atoms with E-state index in [9.17, 15) is 0 Å². The van der Waals surface area contributed by atoms with E-state index in [1.807, 2.05) is 12.5 Å². The molecule has 0 bridgehead atoms. The zero-order valence-electron chi connectivity index (χ0n) is 11.3. The summed E-state index contributed by atoms with van der Waals surface area (Å²) in [5.74, 6) is 0.811. The molecule has 1 saturated carbocycles. The highest BCUT2D eigenvalue weighted by Gasteiger charge is 2.25. The Morgan fingerprint density at radius 2 is 2.24 bits per heavy atom. The lowest BCUT2D eigenvalue weighted by Crippen LogP contribution is -2.28. The van der Waals surface area contributed by atoms with Crippen LogP contribution in [-0.4, -0.2) is 15.6 Å². The molecule has 1 N–H and O–H groups in total. The molecule has 3 heteroatoms. The van der Waals surface area contributed by atoms with E-state index in [1.165, 1.54) is 31.4 Å². The summed E-state index contributed by atoms with van der Waals surface area (Å²) in [7, 11) is 0. The first-order chi connectivity index (χ1) is 8.20. The monoisotopic (exact) mass is 235 g/mol. The van der Waals surface area contributed by atoms with Gasteiger partial charge in [0.25, 0.3) is 0 Å². The molecule has 0 radical (unpaired) electrons. The molecule has 3 nitrogen and oxygen atoms in total. The first-order valence-corrected chi connectivity index (χ1v) is 6.94. The van der Waals surface area contributed by atoms with Gasteiger partial charge in [-0.1, -0.05) is 20.3 Å². The fraction of sp³-hybridized carbons (Fsp3) is 0.786. The van der Waals surface area contributed by atoms with E-state index in [2.05, 4.69) is 35.6 Å². The molecule has 2 rings (SSSR count). The van der Waals surface area contributed by atoms with Gasteiger partial charge in [0.2, 0.25) is 0 Å². The van der Waals surface area contributed by atoms with Gasteiger partial charge in [-0.05, 0) is 32.1 Å². The van der Waals surface area contributed by atoms with Crippen LogP contribution in [0.1, 0.15) is 58.2 Å². The zero-order chi connectivity index (χ0) is 12.3. The third kappa shape index (κ3) is 3.56. The first kappa shape index (κ1) is 12.6. The van der Waals surface area contributed by atoms with Gasteiger partial charge in [-0.15, -0.1) is 0 Å². The van der Waals surface area contributed by atoms with Crippen molar-refractivity contribution in [3.05, 3.63) is 18.2 Å². The molecule has 17 heavy (non-hydrogen) atoms. The van der Waals surface area contributed by atoms with Gasteiger partial charge in [0, 0.05) is 24.8 Å². The van der Waals surface area contributed by atoms with Crippen molar-refractivity contribution >= 4 is 0 Å². The molecule has 1 aliphatic carbocycles. The van der Waals surface area contributed by atoms with Crippen LogP contribution in [0, 0.1) is 5.92 Å². The second-order valence-electron chi connectivity index (χ2n) is 5.55. The summed E-state index contributed by atoms with van der Waals surface area (Å²) >= 11 is 0. The molecule has 96 valence electrons. The molecular formula is C14H25N3. The molecule has 0 spiro atoms. The Kier molecular flexibility index (Phi) is 4.21. The molecule has 1 aromatic rings. The Balaban J connectivity index is 1.78. The Hall–Kier alpha value is -0.830. The van der Waals surface area contributed by atoms with Gasteiger partial charge in [0.15, 0.2) is 0 Å². The van der Waals surface area contributed by atoms with E-state index < -0.39 is 0 Å². The van der Waals surface area contributed by atoms with Gasteiger partial charge in [-0.2, -0.15) is 0 Å². The molecule has 0 saturated heterocycles. The van der Waals surface area contributed by atoms with Crippen LogP contribution < -0.4 is 5.32 Å². The van der Waals surface area contributed by atoms with Gasteiger partial charge in [0.05, 0.1) is 12.0 Å². The quantitative estimate of drug-likeness (QED) is 0.787. The van der Waals surface area contributed by atoms with Crippen molar-refractivity contribution in [3.63, 3.8) is 0 Å². The molecule has 1 aromatic heterocycles. The standard InChI is InChI=1S/C14H25N3/c1-4-11(2)7-12(3)16-9-14-8-15-10-17(14)13-5-6-13/h8,10-13,16H,4-7,9H2,1-3H3. The largest absolute Gasteiger partial charge is 0.330 e. The van der Waals surface area contributed by atoms with Crippen molar-refractivity contribution in [2.24, 2.45) is 5.92 Å². The van der Waals surface area contributed by atoms with E-state index >= 15 is 0 Å². The molecular weight excluding hydrogens is 210 g/mol. The van der Waals surface area contributed by atoms with Crippen molar-refractivity contribution in [1.82, 2.24) is 14.9 Å². The Morgan fingerprint density at radius 1 is 1.47 bits per heavy atom. The summed E-state index contributed by atoms with van der Waals surface area (Å²) in [6, 6.07) is 1.33. The number of rotatable bonds is 7. The maximum Gasteiger partial charge on any atom is 0.0951 e. The minimum Gasteiger partial charge on any atom is -0.330 e. The minimum absolute atomic E-state index is 0.590. The average Bonchev–Trinajstić information content (AvgIpc) is 3.05. The number of hydrogen-bond acceptors (Lipinski definition) is 2. The lowest BCUT2D eigenvalue weighted by Gasteiger charge is -2.18. The highest BCUT2D eigenvalue weighted by atomic mass is 15.1. The van der Waals surface area contributed by atoms with E-state index in [1.54, 1.807) is 0 Å². The molecule has 1 fully saturated rings. The SMILES string of the molecule is CCC(C)CC(C)NCc1cncn1C1CC1. The maximum absolute atomic E-state index is 4.26. The zero-order valence-corrected chi connectivity index (χ0v) is 11.3. The Morgan fingerprint density at radius 3 is 2.88 bits per heavy atom. The molecule has 2 atom stereocenters. The normalized spacial score (nSPS) is 19.2. The minimum atomic E-state index is 0.590. The average molecular weight is 235 g/mol. The van der Waals surface area contributed by atoms with Crippen molar-refractivity contribution in [1.29, 1.82) is 0 Å². The number of hydrogen-bond donors (Lipinski definition) is 1. The molecule has 0 aromatic carbocycles. The van der Waals surface area contributed by atoms with E-state index in [4.69, 9.17) is 0 Å². The summed E-state index contributed by atoms with van der Waals surface area (Å²) in [5.41, 5.74) is 1.34. The smallest absolute Gasteiger partial charge is 0.0951 e. The maximum atomic E-state index is 4.26. The van der Waals surface area contributed by atoms with Crippen LogP contribution in [-0.2, 0) is 6.54 Å². The molecule has 2 unspecified atom stereocenters. The van der Waals surface area contributed by atoms with Gasteiger partial charge < -0.3 is 9.88 Å². The van der Waals surface area contributed by atoms with Gasteiger partial charge in [0.1, 0.15) is 0 Å². The van der Waals surface area contributed by atoms with E-state index in [0.29, 0.717) is 6.04 Å². The predicted molar refractivity (Wildman–Crippen MR) is 70.9 cm³/mol. The van der Waals surface area contributed by atoms with Crippen LogP contribution in [0.2, 0.25) is 0 Å². The van der Waals surface area contributed by atoms with Crippen LogP contribution in [0.4, 0.5) is 0 Å². The van der Waals surface area contributed by atoms with E-state index in [-0.39, 0.29) is 0 Å². The summed E-state index contributed by atoms with van der Waals surface area (Å²) in [4.78, 5) is 4.26. The summed E-state index contributed by atoms with van der Waals surface area (Å²) < 4.78 is 2.34. The highest BCUT2D eigenvalue weighted by Crippen LogP contribution is 2.35. The third-order valence-corrected chi connectivity index (χ3v) is 3.77. The van der Waals surface area contributed by atoms with Gasteiger partial charge in [-0.25, -0.2) is 4.98 Å². The molecule has 0 aliphatic heterocycles. The van der Waals surface area contributed by atoms with Crippen LogP contribution in [0.25, 0.3) is 0 Å². The number of nitrogens with zero attached hydrogens (tertiary/aromatic N) is 2. The summed E-state index contributed by atoms with van der Waals surface area (Å²) in [6.07, 6.45) is 9.16. The molecule has 0 amide bonds. The van der Waals surface area contributed by atoms with Gasteiger partial charge in [-0.3, -0.25) is 0 Å². The summed E-state index contributed by atoms with van der Waals surface area (Å²) in [6.45, 7) is 7.82. The third-order valence-electron chi connectivity index (χ3n) is 3.77. The van der Waals surface area contributed by atoms with Crippen LogP contribution in [0.15, 0.2) is 12.5 Å². The van der Waals surface area contributed by atoms with E-state index in [0.717, 1.165) is 18.5 Å². The Bertz CT molecular complexity index is 341. The Labute approximate surface area is 105 Å². The lowest BCUT2D eigenvalue weighted by molar-refractivity contribution is 0.408. The molecule has 1 aliphatic rings.